The number of hydrogen-bond acceptors (Lipinski definition) is 8. The number of rotatable bonds is 9. The Balaban J connectivity index is 1.25. The summed E-state index contributed by atoms with van der Waals surface area (Å²) >= 11 is 1.26. The minimum Gasteiger partial charge on any atom is -0.379 e. The summed E-state index contributed by atoms with van der Waals surface area (Å²) in [6.45, 7) is 5.07. The quantitative estimate of drug-likeness (QED) is 0.424. The van der Waals surface area contributed by atoms with Gasteiger partial charge in [-0.05, 0) is 49.4 Å². The van der Waals surface area contributed by atoms with Crippen LogP contribution in [0.4, 0.5) is 11.6 Å². The van der Waals surface area contributed by atoms with Gasteiger partial charge in [-0.15, -0.1) is 11.3 Å². The molecule has 0 bridgehead atoms. The van der Waals surface area contributed by atoms with Crippen molar-refractivity contribution in [1.82, 2.24) is 15.4 Å². The van der Waals surface area contributed by atoms with Gasteiger partial charge in [-0.1, -0.05) is 5.16 Å². The highest BCUT2D eigenvalue weighted by molar-refractivity contribution is 7.17. The third-order valence-electron chi connectivity index (χ3n) is 5.07. The maximum Gasteiger partial charge on any atom is 0.258 e. The van der Waals surface area contributed by atoms with Gasteiger partial charge in [-0.3, -0.25) is 14.5 Å². The van der Waals surface area contributed by atoms with Crippen molar-refractivity contribution in [3.63, 3.8) is 0 Å². The van der Waals surface area contributed by atoms with Crippen molar-refractivity contribution in [2.75, 3.05) is 44.7 Å². The van der Waals surface area contributed by atoms with Gasteiger partial charge in [0.25, 0.3) is 11.8 Å². The van der Waals surface area contributed by atoms with Gasteiger partial charge in [-0.25, -0.2) is 0 Å². The summed E-state index contributed by atoms with van der Waals surface area (Å²) in [4.78, 5) is 27.2. The Hall–Kier alpha value is -3.21. The Morgan fingerprint density at radius 3 is 2.62 bits per heavy atom. The van der Waals surface area contributed by atoms with Crippen LogP contribution in [0, 0.1) is 0 Å². The molecule has 1 aliphatic heterocycles. The number of amides is 2. The van der Waals surface area contributed by atoms with Crippen molar-refractivity contribution in [2.45, 2.75) is 6.42 Å². The smallest absolute Gasteiger partial charge is 0.258 e. The molecule has 0 unspecified atom stereocenters. The molecule has 9 nitrogen and oxygen atoms in total. The Morgan fingerprint density at radius 1 is 1.12 bits per heavy atom. The van der Waals surface area contributed by atoms with E-state index < -0.39 is 5.91 Å². The highest BCUT2D eigenvalue weighted by atomic mass is 32.1. The second kappa shape index (κ2) is 10.4. The fourth-order valence-electron chi connectivity index (χ4n) is 3.34. The standard InChI is InChI=1S/C22H25N5O4S/c23-21(28)19-7-6-18(32-19)17-14-20(31-26-17)25-16-4-2-15(3-5-16)22(29)24-8-1-9-27-10-12-30-13-11-27/h2-7,14,25H,1,8-13H2,(H2,23,28)(H,24,29). The number of carbonyl (C=O) groups is 2. The van der Waals surface area contributed by atoms with Gasteiger partial charge in [0.15, 0.2) is 0 Å². The van der Waals surface area contributed by atoms with E-state index in [9.17, 15) is 9.59 Å². The lowest BCUT2D eigenvalue weighted by molar-refractivity contribution is 0.0374. The van der Waals surface area contributed by atoms with Gasteiger partial charge in [0.05, 0.1) is 23.0 Å². The van der Waals surface area contributed by atoms with E-state index in [1.54, 1.807) is 42.5 Å². The fourth-order valence-corrected chi connectivity index (χ4v) is 4.15. The SMILES string of the molecule is NC(=O)c1ccc(-c2cc(Nc3ccc(C(=O)NCCCN4CCOCC4)cc3)on2)s1. The third-order valence-corrected chi connectivity index (χ3v) is 6.19. The highest BCUT2D eigenvalue weighted by Crippen LogP contribution is 2.29. The van der Waals surface area contributed by atoms with Gasteiger partial charge < -0.3 is 25.6 Å². The molecule has 0 aliphatic carbocycles. The van der Waals surface area contributed by atoms with Crippen LogP contribution in [0.2, 0.25) is 0 Å². The lowest BCUT2D eigenvalue weighted by Gasteiger charge is -2.26. The summed E-state index contributed by atoms with van der Waals surface area (Å²) in [6, 6.07) is 12.3. The molecule has 4 N–H and O–H groups in total. The fraction of sp³-hybridized carbons (Fsp3) is 0.318. The number of carbonyl (C=O) groups excluding carboxylic acids is 2. The number of nitrogens with one attached hydrogen (secondary N) is 2. The second-order valence-corrected chi connectivity index (χ2v) is 8.45. The molecule has 168 valence electrons. The van der Waals surface area contributed by atoms with Crippen LogP contribution in [-0.4, -0.2) is 61.3 Å². The largest absolute Gasteiger partial charge is 0.379 e. The summed E-state index contributed by atoms with van der Waals surface area (Å²) in [5.74, 6) is -0.109. The Kier molecular flexibility index (Phi) is 7.15. The molecule has 0 saturated carbocycles. The maximum absolute atomic E-state index is 12.4. The number of benzene rings is 1. The lowest BCUT2D eigenvalue weighted by atomic mass is 10.2. The summed E-state index contributed by atoms with van der Waals surface area (Å²) in [7, 11) is 0. The average Bonchev–Trinajstić information content (AvgIpc) is 3.48. The molecule has 1 aliphatic rings. The number of nitrogens with zero attached hydrogens (tertiary/aromatic N) is 2. The van der Waals surface area contributed by atoms with Crippen LogP contribution in [0.1, 0.15) is 26.5 Å². The van der Waals surface area contributed by atoms with Crippen LogP contribution < -0.4 is 16.4 Å². The molecule has 10 heteroatoms. The molecule has 2 aromatic heterocycles. The predicted molar refractivity (Wildman–Crippen MR) is 122 cm³/mol. The van der Waals surface area contributed by atoms with E-state index >= 15 is 0 Å². The van der Waals surface area contributed by atoms with Crippen LogP contribution in [-0.2, 0) is 4.74 Å². The molecule has 0 radical (unpaired) electrons. The summed E-state index contributed by atoms with van der Waals surface area (Å²) < 4.78 is 10.7. The van der Waals surface area contributed by atoms with E-state index in [2.05, 4.69) is 20.7 Å². The van der Waals surface area contributed by atoms with E-state index in [0.717, 1.165) is 49.8 Å². The van der Waals surface area contributed by atoms with Gasteiger partial charge in [0.2, 0.25) is 5.88 Å². The Bertz CT molecular complexity index is 1060. The van der Waals surface area contributed by atoms with Crippen LogP contribution in [0.25, 0.3) is 10.6 Å². The predicted octanol–water partition coefficient (Wildman–Crippen LogP) is 2.70. The summed E-state index contributed by atoms with van der Waals surface area (Å²) in [6.07, 6.45) is 0.907. The molecule has 1 fully saturated rings. The molecule has 1 saturated heterocycles. The monoisotopic (exact) mass is 455 g/mol. The molecule has 1 aromatic carbocycles. The maximum atomic E-state index is 12.4. The number of ether oxygens (including phenoxy) is 1. The number of nitrogens with two attached hydrogens (primary N) is 1. The molecule has 2 amide bonds. The van der Waals surface area contributed by atoms with Crippen molar-refractivity contribution >= 4 is 34.7 Å². The number of thiophene rings is 1. The third kappa shape index (κ3) is 5.72. The normalized spacial score (nSPS) is 14.2. The Labute approximate surface area is 189 Å². The number of hydrogen-bond donors (Lipinski definition) is 3. The van der Waals surface area contributed by atoms with E-state index in [1.165, 1.54) is 11.3 Å². The molecule has 32 heavy (non-hydrogen) atoms. The number of primary amides is 1. The molecule has 4 rings (SSSR count). The summed E-state index contributed by atoms with van der Waals surface area (Å²) in [5, 5.41) is 10.1. The van der Waals surface area contributed by atoms with Gasteiger partial charge in [0.1, 0.15) is 5.69 Å². The van der Waals surface area contributed by atoms with Crippen LogP contribution >= 0.6 is 11.3 Å². The number of anilines is 2. The molecule has 3 aromatic rings. The average molecular weight is 456 g/mol. The first-order chi connectivity index (χ1) is 15.6. The lowest BCUT2D eigenvalue weighted by Crippen LogP contribution is -2.38. The van der Waals surface area contributed by atoms with Crippen molar-refractivity contribution in [3.8, 4) is 10.6 Å². The first-order valence-corrected chi connectivity index (χ1v) is 11.2. The minimum absolute atomic E-state index is 0.0940. The minimum atomic E-state index is -0.468. The van der Waals surface area contributed by atoms with Crippen molar-refractivity contribution in [2.24, 2.45) is 5.73 Å². The van der Waals surface area contributed by atoms with E-state index in [-0.39, 0.29) is 5.91 Å². The van der Waals surface area contributed by atoms with E-state index in [1.807, 2.05) is 0 Å². The highest BCUT2D eigenvalue weighted by Gasteiger charge is 2.13. The van der Waals surface area contributed by atoms with Crippen LogP contribution in [0.5, 0.6) is 0 Å². The number of aromatic nitrogens is 1. The van der Waals surface area contributed by atoms with Crippen molar-refractivity contribution in [3.05, 3.63) is 52.9 Å². The van der Waals surface area contributed by atoms with Gasteiger partial charge >= 0.3 is 0 Å². The second-order valence-electron chi connectivity index (χ2n) is 7.37. The zero-order chi connectivity index (χ0) is 22.3. The van der Waals surface area contributed by atoms with Gasteiger partial charge in [-0.2, -0.15) is 0 Å². The van der Waals surface area contributed by atoms with Crippen molar-refractivity contribution < 1.29 is 18.8 Å². The van der Waals surface area contributed by atoms with E-state index in [4.69, 9.17) is 15.0 Å². The van der Waals surface area contributed by atoms with Crippen LogP contribution in [0.3, 0.4) is 0 Å². The van der Waals surface area contributed by atoms with Gasteiger partial charge in [0, 0.05) is 37.0 Å². The zero-order valence-electron chi connectivity index (χ0n) is 17.5. The number of morpholine rings is 1. The van der Waals surface area contributed by atoms with E-state index in [0.29, 0.717) is 28.6 Å². The molecule has 3 heterocycles. The molecule has 0 atom stereocenters. The Morgan fingerprint density at radius 2 is 1.91 bits per heavy atom. The van der Waals surface area contributed by atoms with Crippen LogP contribution in [0.15, 0.2) is 47.0 Å². The molecular weight excluding hydrogens is 430 g/mol. The molecular formula is C22H25N5O4S. The first-order valence-electron chi connectivity index (χ1n) is 10.4. The topological polar surface area (TPSA) is 123 Å². The van der Waals surface area contributed by atoms with Crippen molar-refractivity contribution in [1.29, 1.82) is 0 Å². The summed E-state index contributed by atoms with van der Waals surface area (Å²) in [5.41, 5.74) is 7.26. The first kappa shape index (κ1) is 22.0. The zero-order valence-corrected chi connectivity index (χ0v) is 18.3. The molecule has 0 spiro atoms.